The van der Waals surface area contributed by atoms with E-state index in [1.807, 2.05) is 12.1 Å². The molecule has 0 radical (unpaired) electrons. The summed E-state index contributed by atoms with van der Waals surface area (Å²) in [5.74, 6) is 0. The number of rotatable bonds is 3. The minimum absolute atomic E-state index is 0.360. The van der Waals surface area contributed by atoms with Crippen LogP contribution in [0.15, 0.2) is 48.8 Å². The summed E-state index contributed by atoms with van der Waals surface area (Å²) < 4.78 is 2.12. The quantitative estimate of drug-likeness (QED) is 0.884. The lowest BCUT2D eigenvalue weighted by Gasteiger charge is -2.28. The third-order valence-electron chi connectivity index (χ3n) is 3.83. The number of anilines is 1. The molecule has 3 N–H and O–H groups in total. The number of aromatic nitrogens is 1. The van der Waals surface area contributed by atoms with Gasteiger partial charge in [0.1, 0.15) is 0 Å². The Balaban J connectivity index is 1.73. The fourth-order valence-corrected chi connectivity index (χ4v) is 2.86. The lowest BCUT2D eigenvalue weighted by Crippen LogP contribution is -2.34. The average molecular weight is 255 g/mol. The monoisotopic (exact) mass is 255 g/mol. The molecule has 0 bridgehead atoms. The molecule has 1 aromatic heterocycles. The number of nitrogens with zero attached hydrogens (tertiary/aromatic N) is 1. The maximum Gasteiger partial charge on any atom is 0.0469 e. The Labute approximate surface area is 114 Å². The molecule has 100 valence electrons. The number of hydrogen-bond donors (Lipinski definition) is 2. The van der Waals surface area contributed by atoms with Crippen molar-refractivity contribution in [3.63, 3.8) is 0 Å². The van der Waals surface area contributed by atoms with Crippen LogP contribution in [0, 0.1) is 0 Å². The summed E-state index contributed by atoms with van der Waals surface area (Å²) in [4.78, 5) is 0. The van der Waals surface area contributed by atoms with Gasteiger partial charge in [-0.1, -0.05) is 6.07 Å². The molecule has 1 fully saturated rings. The van der Waals surface area contributed by atoms with Gasteiger partial charge in [-0.15, -0.1) is 0 Å². The third kappa shape index (κ3) is 2.99. The molecule has 1 aromatic carbocycles. The first kappa shape index (κ1) is 12.3. The maximum absolute atomic E-state index is 6.04. The number of hydrogen-bond acceptors (Lipinski definition) is 2. The van der Waals surface area contributed by atoms with Crippen molar-refractivity contribution in [2.75, 3.05) is 5.32 Å². The lowest BCUT2D eigenvalue weighted by atomic mass is 9.91. The second kappa shape index (κ2) is 5.49. The van der Waals surface area contributed by atoms with Crippen LogP contribution < -0.4 is 11.1 Å². The zero-order valence-corrected chi connectivity index (χ0v) is 11.1. The van der Waals surface area contributed by atoms with Crippen LogP contribution in [0.4, 0.5) is 5.69 Å². The number of nitrogens with one attached hydrogen (secondary N) is 1. The molecule has 3 nitrogen and oxygen atoms in total. The topological polar surface area (TPSA) is 43.0 Å². The highest BCUT2D eigenvalue weighted by atomic mass is 15.0. The zero-order valence-electron chi connectivity index (χ0n) is 11.1. The Morgan fingerprint density at radius 2 is 1.95 bits per heavy atom. The molecular formula is C16H21N3. The maximum atomic E-state index is 6.04. The summed E-state index contributed by atoms with van der Waals surface area (Å²) in [5, 5.41) is 3.62. The fourth-order valence-electron chi connectivity index (χ4n) is 2.86. The van der Waals surface area contributed by atoms with Crippen molar-refractivity contribution in [2.45, 2.75) is 37.8 Å². The van der Waals surface area contributed by atoms with E-state index in [-0.39, 0.29) is 0 Å². The zero-order chi connectivity index (χ0) is 13.1. The van der Waals surface area contributed by atoms with Gasteiger partial charge in [-0.3, -0.25) is 0 Å². The van der Waals surface area contributed by atoms with Gasteiger partial charge in [0.15, 0.2) is 0 Å². The van der Waals surface area contributed by atoms with E-state index in [4.69, 9.17) is 5.73 Å². The van der Waals surface area contributed by atoms with Crippen LogP contribution >= 0.6 is 0 Å². The van der Waals surface area contributed by atoms with E-state index in [1.165, 1.54) is 30.6 Å². The minimum atomic E-state index is 0.360. The van der Waals surface area contributed by atoms with Crippen molar-refractivity contribution < 1.29 is 0 Å². The molecule has 0 spiro atoms. The molecule has 2 aromatic rings. The second-order valence-electron chi connectivity index (χ2n) is 5.41. The molecule has 0 aliphatic heterocycles. The van der Waals surface area contributed by atoms with Crippen LogP contribution in [-0.2, 0) is 0 Å². The van der Waals surface area contributed by atoms with Crippen molar-refractivity contribution in [3.8, 4) is 5.69 Å². The molecule has 0 amide bonds. The molecule has 0 saturated heterocycles. The van der Waals surface area contributed by atoms with E-state index < -0.39 is 0 Å². The average Bonchev–Trinajstić information content (AvgIpc) is 2.93. The first-order chi connectivity index (χ1) is 9.31. The predicted octanol–water partition coefficient (Wildman–Crippen LogP) is 3.16. The predicted molar refractivity (Wildman–Crippen MR) is 79.6 cm³/mol. The van der Waals surface area contributed by atoms with Gasteiger partial charge in [0, 0.05) is 35.9 Å². The highest BCUT2D eigenvalue weighted by Gasteiger charge is 2.18. The van der Waals surface area contributed by atoms with E-state index in [2.05, 4.69) is 46.5 Å². The molecule has 1 heterocycles. The summed E-state index contributed by atoms with van der Waals surface area (Å²) in [7, 11) is 0. The van der Waals surface area contributed by atoms with Crippen LogP contribution in [0.2, 0.25) is 0 Å². The van der Waals surface area contributed by atoms with Gasteiger partial charge in [0.25, 0.3) is 0 Å². The molecule has 1 aliphatic carbocycles. The van der Waals surface area contributed by atoms with Crippen molar-refractivity contribution in [1.29, 1.82) is 0 Å². The smallest absolute Gasteiger partial charge is 0.0469 e. The van der Waals surface area contributed by atoms with Crippen molar-refractivity contribution in [1.82, 2.24) is 4.57 Å². The van der Waals surface area contributed by atoms with Crippen LogP contribution in [0.5, 0.6) is 0 Å². The lowest BCUT2D eigenvalue weighted by molar-refractivity contribution is 0.409. The van der Waals surface area contributed by atoms with Gasteiger partial charge in [-0.2, -0.15) is 0 Å². The summed E-state index contributed by atoms with van der Waals surface area (Å²) >= 11 is 0. The highest BCUT2D eigenvalue weighted by Crippen LogP contribution is 2.22. The van der Waals surface area contributed by atoms with E-state index in [9.17, 15) is 0 Å². The summed E-state index contributed by atoms with van der Waals surface area (Å²) in [6, 6.07) is 13.5. The summed E-state index contributed by atoms with van der Waals surface area (Å²) in [5.41, 5.74) is 8.42. The Morgan fingerprint density at radius 3 is 2.74 bits per heavy atom. The fraction of sp³-hybridized carbons (Fsp3) is 0.375. The van der Waals surface area contributed by atoms with Gasteiger partial charge < -0.3 is 15.6 Å². The van der Waals surface area contributed by atoms with E-state index in [0.29, 0.717) is 12.1 Å². The number of nitrogens with two attached hydrogens (primary N) is 1. The molecule has 2 atom stereocenters. The van der Waals surface area contributed by atoms with Crippen LogP contribution in [0.1, 0.15) is 25.7 Å². The Hall–Kier alpha value is -1.74. The SMILES string of the molecule is NC1CCCC(Nc2cccc(-n3cccc3)c2)C1. The first-order valence-electron chi connectivity index (χ1n) is 7.07. The first-order valence-corrected chi connectivity index (χ1v) is 7.07. The van der Waals surface area contributed by atoms with Crippen molar-refractivity contribution in [2.24, 2.45) is 5.73 Å². The standard InChI is InChI=1S/C16H21N3/c17-13-5-3-6-14(11-13)18-15-7-4-8-16(12-15)19-9-1-2-10-19/h1-2,4,7-10,12-14,18H,3,5-6,11,17H2. The molecule has 19 heavy (non-hydrogen) atoms. The second-order valence-corrected chi connectivity index (χ2v) is 5.41. The molecule has 2 unspecified atom stereocenters. The Bertz CT molecular complexity index is 519. The summed E-state index contributed by atoms with van der Waals surface area (Å²) in [6.07, 6.45) is 8.83. The highest BCUT2D eigenvalue weighted by molar-refractivity contribution is 5.52. The van der Waals surface area contributed by atoms with Crippen molar-refractivity contribution >= 4 is 5.69 Å². The van der Waals surface area contributed by atoms with Gasteiger partial charge in [-0.25, -0.2) is 0 Å². The van der Waals surface area contributed by atoms with Crippen LogP contribution in [0.3, 0.4) is 0 Å². The van der Waals surface area contributed by atoms with Gasteiger partial charge in [-0.05, 0) is 56.0 Å². The molecule has 1 aliphatic rings. The van der Waals surface area contributed by atoms with Gasteiger partial charge in [0.05, 0.1) is 0 Å². The molecule has 3 rings (SSSR count). The van der Waals surface area contributed by atoms with E-state index >= 15 is 0 Å². The van der Waals surface area contributed by atoms with Crippen LogP contribution in [-0.4, -0.2) is 16.7 Å². The van der Waals surface area contributed by atoms with Gasteiger partial charge >= 0.3 is 0 Å². The van der Waals surface area contributed by atoms with E-state index in [0.717, 1.165) is 6.42 Å². The number of benzene rings is 1. The molecular weight excluding hydrogens is 234 g/mol. The van der Waals surface area contributed by atoms with Crippen LogP contribution in [0.25, 0.3) is 5.69 Å². The van der Waals surface area contributed by atoms with E-state index in [1.54, 1.807) is 0 Å². The summed E-state index contributed by atoms with van der Waals surface area (Å²) in [6.45, 7) is 0. The Morgan fingerprint density at radius 1 is 1.11 bits per heavy atom. The third-order valence-corrected chi connectivity index (χ3v) is 3.83. The Kier molecular flexibility index (Phi) is 3.56. The van der Waals surface area contributed by atoms with Crippen molar-refractivity contribution in [3.05, 3.63) is 48.8 Å². The minimum Gasteiger partial charge on any atom is -0.382 e. The molecule has 1 saturated carbocycles. The largest absolute Gasteiger partial charge is 0.382 e. The normalized spacial score (nSPS) is 23.2. The molecule has 3 heteroatoms. The van der Waals surface area contributed by atoms with Gasteiger partial charge in [0.2, 0.25) is 0 Å².